The number of hydrogen-bond donors (Lipinski definition) is 2. The lowest BCUT2D eigenvalue weighted by molar-refractivity contribution is -0.122. The molecule has 19 heavy (non-hydrogen) atoms. The monoisotopic (exact) mass is 281 g/mol. The summed E-state index contributed by atoms with van der Waals surface area (Å²) in [6, 6.07) is 3.63. The number of carbonyl (C=O) groups is 2. The SMILES string of the molecule is CN(CC(=O)NC(CN)C1CC1)C(=O)c1cccs1. The van der Waals surface area contributed by atoms with Gasteiger partial charge >= 0.3 is 0 Å². The zero-order chi connectivity index (χ0) is 13.8. The molecular weight excluding hydrogens is 262 g/mol. The van der Waals surface area contributed by atoms with Gasteiger partial charge in [0.1, 0.15) is 0 Å². The molecule has 5 nitrogen and oxygen atoms in total. The van der Waals surface area contributed by atoms with Crippen molar-refractivity contribution in [1.29, 1.82) is 0 Å². The molecule has 0 saturated heterocycles. The fraction of sp³-hybridized carbons (Fsp3) is 0.538. The molecule has 1 fully saturated rings. The molecule has 0 spiro atoms. The Labute approximate surface area is 116 Å². The summed E-state index contributed by atoms with van der Waals surface area (Å²) < 4.78 is 0. The summed E-state index contributed by atoms with van der Waals surface area (Å²) in [5.41, 5.74) is 5.64. The molecule has 1 atom stereocenters. The fourth-order valence-electron chi connectivity index (χ4n) is 2.00. The number of nitrogens with two attached hydrogens (primary N) is 1. The van der Waals surface area contributed by atoms with Crippen LogP contribution in [-0.2, 0) is 4.79 Å². The zero-order valence-electron chi connectivity index (χ0n) is 11.0. The predicted octanol–water partition coefficient (Wildman–Crippen LogP) is 0.674. The van der Waals surface area contributed by atoms with Crippen LogP contribution < -0.4 is 11.1 Å². The van der Waals surface area contributed by atoms with Crippen LogP contribution in [0.2, 0.25) is 0 Å². The van der Waals surface area contributed by atoms with E-state index in [1.165, 1.54) is 16.2 Å². The molecule has 6 heteroatoms. The van der Waals surface area contributed by atoms with Gasteiger partial charge in [-0.15, -0.1) is 11.3 Å². The second-order valence-electron chi connectivity index (χ2n) is 4.89. The molecule has 2 rings (SSSR count). The highest BCUT2D eigenvalue weighted by atomic mass is 32.1. The lowest BCUT2D eigenvalue weighted by Gasteiger charge is -2.20. The molecule has 1 unspecified atom stereocenters. The summed E-state index contributed by atoms with van der Waals surface area (Å²) in [5.74, 6) is 0.253. The van der Waals surface area contributed by atoms with Gasteiger partial charge in [0.15, 0.2) is 0 Å². The van der Waals surface area contributed by atoms with Crippen molar-refractivity contribution >= 4 is 23.2 Å². The van der Waals surface area contributed by atoms with E-state index >= 15 is 0 Å². The molecule has 1 aliphatic rings. The first kappa shape index (κ1) is 14.0. The van der Waals surface area contributed by atoms with E-state index in [2.05, 4.69) is 5.32 Å². The zero-order valence-corrected chi connectivity index (χ0v) is 11.8. The highest BCUT2D eigenvalue weighted by molar-refractivity contribution is 7.12. The average molecular weight is 281 g/mol. The number of nitrogens with zero attached hydrogens (tertiary/aromatic N) is 1. The molecule has 1 heterocycles. The van der Waals surface area contributed by atoms with Crippen LogP contribution in [0.5, 0.6) is 0 Å². The van der Waals surface area contributed by atoms with Gasteiger partial charge in [0.05, 0.1) is 11.4 Å². The van der Waals surface area contributed by atoms with Crippen molar-refractivity contribution < 1.29 is 9.59 Å². The number of likely N-dealkylation sites (N-methyl/N-ethyl adjacent to an activating group) is 1. The Morgan fingerprint density at radius 1 is 1.58 bits per heavy atom. The average Bonchev–Trinajstić information content (AvgIpc) is 3.09. The Bertz CT molecular complexity index is 443. The summed E-state index contributed by atoms with van der Waals surface area (Å²) >= 11 is 1.38. The van der Waals surface area contributed by atoms with Gasteiger partial charge in [-0.1, -0.05) is 6.07 Å². The Balaban J connectivity index is 1.82. The highest BCUT2D eigenvalue weighted by Crippen LogP contribution is 2.32. The number of hydrogen-bond acceptors (Lipinski definition) is 4. The summed E-state index contributed by atoms with van der Waals surface area (Å²) in [4.78, 5) is 25.9. The molecule has 0 bridgehead atoms. The number of carbonyl (C=O) groups excluding carboxylic acids is 2. The van der Waals surface area contributed by atoms with Gasteiger partial charge in [-0.25, -0.2) is 0 Å². The lowest BCUT2D eigenvalue weighted by atomic mass is 10.2. The second-order valence-corrected chi connectivity index (χ2v) is 5.83. The summed E-state index contributed by atoms with van der Waals surface area (Å²) in [6.45, 7) is 0.527. The Kier molecular flexibility index (Phi) is 4.55. The van der Waals surface area contributed by atoms with Crippen LogP contribution in [0, 0.1) is 5.92 Å². The maximum absolute atomic E-state index is 12.0. The minimum atomic E-state index is -0.144. The van der Waals surface area contributed by atoms with Crippen LogP contribution in [0.1, 0.15) is 22.5 Å². The molecule has 1 aromatic heterocycles. The molecule has 1 saturated carbocycles. The van der Waals surface area contributed by atoms with Crippen LogP contribution in [-0.4, -0.2) is 42.9 Å². The number of nitrogens with one attached hydrogen (secondary N) is 1. The van der Waals surface area contributed by atoms with Crippen molar-refractivity contribution in [3.8, 4) is 0 Å². The maximum Gasteiger partial charge on any atom is 0.264 e. The van der Waals surface area contributed by atoms with E-state index in [9.17, 15) is 9.59 Å². The second kappa shape index (κ2) is 6.16. The van der Waals surface area contributed by atoms with E-state index in [1.54, 1.807) is 13.1 Å². The molecule has 3 N–H and O–H groups in total. The molecule has 1 aliphatic carbocycles. The molecular formula is C13H19N3O2S. The van der Waals surface area contributed by atoms with E-state index in [1.807, 2.05) is 11.4 Å². The van der Waals surface area contributed by atoms with Crippen LogP contribution in [0.25, 0.3) is 0 Å². The number of rotatable bonds is 6. The van der Waals surface area contributed by atoms with Crippen LogP contribution in [0.15, 0.2) is 17.5 Å². The van der Waals surface area contributed by atoms with E-state index in [0.717, 1.165) is 12.8 Å². The first-order valence-electron chi connectivity index (χ1n) is 6.40. The van der Waals surface area contributed by atoms with Gasteiger partial charge in [0.2, 0.25) is 5.91 Å². The first-order chi connectivity index (χ1) is 9.11. The molecule has 0 aromatic carbocycles. The van der Waals surface area contributed by atoms with E-state index in [4.69, 9.17) is 5.73 Å². The maximum atomic E-state index is 12.0. The Morgan fingerprint density at radius 3 is 2.84 bits per heavy atom. The number of thiophene rings is 1. The van der Waals surface area contributed by atoms with Crippen molar-refractivity contribution in [2.45, 2.75) is 18.9 Å². The van der Waals surface area contributed by atoms with Crippen LogP contribution in [0.4, 0.5) is 0 Å². The van der Waals surface area contributed by atoms with Crippen molar-refractivity contribution in [2.24, 2.45) is 11.7 Å². The van der Waals surface area contributed by atoms with Crippen LogP contribution in [0.3, 0.4) is 0 Å². The smallest absolute Gasteiger partial charge is 0.264 e. The molecule has 0 radical (unpaired) electrons. The summed E-state index contributed by atoms with van der Waals surface area (Å²) in [7, 11) is 1.64. The standard InChI is InChI=1S/C13H19N3O2S/c1-16(13(18)11-3-2-6-19-11)8-12(17)15-10(7-14)9-4-5-9/h2-3,6,9-10H,4-5,7-8,14H2,1H3,(H,15,17). The van der Waals surface area contributed by atoms with Crippen molar-refractivity contribution in [3.05, 3.63) is 22.4 Å². The predicted molar refractivity (Wildman–Crippen MR) is 75.0 cm³/mol. The first-order valence-corrected chi connectivity index (χ1v) is 7.28. The van der Waals surface area contributed by atoms with Crippen molar-refractivity contribution in [2.75, 3.05) is 20.1 Å². The quantitative estimate of drug-likeness (QED) is 0.805. The minimum Gasteiger partial charge on any atom is -0.350 e. The van der Waals surface area contributed by atoms with Gasteiger partial charge in [0, 0.05) is 19.6 Å². The fourth-order valence-corrected chi connectivity index (χ4v) is 2.71. The summed E-state index contributed by atoms with van der Waals surface area (Å²) in [5, 5.41) is 4.75. The third-order valence-electron chi connectivity index (χ3n) is 3.25. The molecule has 0 aliphatic heterocycles. The highest BCUT2D eigenvalue weighted by Gasteiger charge is 2.31. The van der Waals surface area contributed by atoms with Gasteiger partial charge in [0.25, 0.3) is 5.91 Å². The Hall–Kier alpha value is -1.40. The van der Waals surface area contributed by atoms with Crippen molar-refractivity contribution in [1.82, 2.24) is 10.2 Å². The molecule has 1 aromatic rings. The van der Waals surface area contributed by atoms with Crippen LogP contribution >= 0.6 is 11.3 Å². The van der Waals surface area contributed by atoms with E-state index in [0.29, 0.717) is 17.3 Å². The van der Waals surface area contributed by atoms with Crippen molar-refractivity contribution in [3.63, 3.8) is 0 Å². The minimum absolute atomic E-state index is 0.0535. The van der Waals surface area contributed by atoms with Gasteiger partial charge in [-0.2, -0.15) is 0 Å². The van der Waals surface area contributed by atoms with Gasteiger partial charge in [-0.3, -0.25) is 9.59 Å². The number of amides is 2. The third-order valence-corrected chi connectivity index (χ3v) is 4.11. The largest absolute Gasteiger partial charge is 0.350 e. The lowest BCUT2D eigenvalue weighted by Crippen LogP contribution is -2.46. The molecule has 2 amide bonds. The third kappa shape index (κ3) is 3.78. The van der Waals surface area contributed by atoms with E-state index < -0.39 is 0 Å². The van der Waals surface area contributed by atoms with Gasteiger partial charge in [-0.05, 0) is 30.2 Å². The normalized spacial score (nSPS) is 15.9. The molecule has 104 valence electrons. The Morgan fingerprint density at radius 2 is 2.32 bits per heavy atom. The topological polar surface area (TPSA) is 75.4 Å². The van der Waals surface area contributed by atoms with Gasteiger partial charge < -0.3 is 16.0 Å². The van der Waals surface area contributed by atoms with E-state index in [-0.39, 0.29) is 24.4 Å². The summed E-state index contributed by atoms with van der Waals surface area (Å²) in [6.07, 6.45) is 2.26.